The number of rotatable bonds is 3. The molecule has 0 aromatic carbocycles. The maximum atomic E-state index is 13.7. The van der Waals surface area contributed by atoms with Crippen LogP contribution in [0.1, 0.15) is 67.2 Å². The fourth-order valence-corrected chi connectivity index (χ4v) is 6.50. The molecule has 0 radical (unpaired) electrons. The van der Waals surface area contributed by atoms with Crippen molar-refractivity contribution in [1.82, 2.24) is 0 Å². The molecule has 4 fully saturated rings. The summed E-state index contributed by atoms with van der Waals surface area (Å²) in [5.41, 5.74) is -3.98. The highest BCUT2D eigenvalue weighted by Crippen LogP contribution is 2.69. The molecule has 0 unspecified atom stereocenters. The lowest BCUT2D eigenvalue weighted by atomic mass is 9.47. The van der Waals surface area contributed by atoms with Crippen molar-refractivity contribution in [2.24, 2.45) is 33.5 Å². The molecule has 188 valence electrons. The summed E-state index contributed by atoms with van der Waals surface area (Å²) in [7, 11) is 0. The molecule has 1 N–H and O–H groups in total. The summed E-state index contributed by atoms with van der Waals surface area (Å²) in [6, 6.07) is 0. The first kappa shape index (κ1) is 25.0. The van der Waals surface area contributed by atoms with Gasteiger partial charge in [-0.05, 0) is 48.0 Å². The van der Waals surface area contributed by atoms with Crippen molar-refractivity contribution in [1.29, 1.82) is 0 Å². The normalized spacial score (nSPS) is 41.5. The van der Waals surface area contributed by atoms with E-state index in [9.17, 15) is 24.3 Å². The molecule has 2 bridgehead atoms. The number of hydrogen-bond acceptors (Lipinski definition) is 8. The van der Waals surface area contributed by atoms with Crippen molar-refractivity contribution < 1.29 is 38.5 Å². The summed E-state index contributed by atoms with van der Waals surface area (Å²) in [4.78, 5) is 52.1. The average molecular weight is 477 g/mol. The smallest absolute Gasteiger partial charge is 0.313 e. The summed E-state index contributed by atoms with van der Waals surface area (Å²) in [5.74, 6) is -2.43. The maximum absolute atomic E-state index is 13.7. The summed E-state index contributed by atoms with van der Waals surface area (Å²) in [6.45, 7) is 14.2. The van der Waals surface area contributed by atoms with Gasteiger partial charge in [0.2, 0.25) is 6.29 Å². The number of aliphatic hydroxyl groups excluding tert-OH is 1. The zero-order chi connectivity index (χ0) is 25.4. The molecule has 8 heteroatoms. The number of ketones is 2. The van der Waals surface area contributed by atoms with Gasteiger partial charge in [0, 0.05) is 36.5 Å². The Morgan fingerprint density at radius 1 is 1.03 bits per heavy atom. The number of Topliss-reactive ketones (excluding diaryl/α,β-unsaturated/α-hetero) is 2. The average Bonchev–Trinajstić information content (AvgIpc) is 3.15. The quantitative estimate of drug-likeness (QED) is 0.488. The third-order valence-corrected chi connectivity index (χ3v) is 8.13. The van der Waals surface area contributed by atoms with Crippen LogP contribution in [0.4, 0.5) is 0 Å². The SMILES string of the molecule is C=C[C@@]12CC(=O)C[C@@H](O)[C@@H]1[C@H]1[C@@H]3CC(=O)[C@]1([C@@H](OC(=O)C(C)(C)C)O3)[C@H](OC(=O)C(C)(C)C)C2. The standard InChI is InChI=1S/C26H36O8/c1-8-25-11-13(27)9-14(28)18(25)19-15-10-16(29)26(19,17(12-25)33-20(30)23(2,3)4)22(32-15)34-21(31)24(5,6)7/h8,14-15,17-19,22,28H,1,9-12H2,2-7H3/t14-,15+,17-,18-,19-,22-,25+,26+/m1/s1. The Morgan fingerprint density at radius 2 is 1.62 bits per heavy atom. The van der Waals surface area contributed by atoms with Crippen LogP contribution in [-0.4, -0.2) is 53.2 Å². The number of hydrogen-bond donors (Lipinski definition) is 1. The summed E-state index contributed by atoms with van der Waals surface area (Å²) in [5, 5.41) is 11.1. The van der Waals surface area contributed by atoms with Gasteiger partial charge in [0.1, 0.15) is 17.3 Å². The molecule has 1 aliphatic heterocycles. The van der Waals surface area contributed by atoms with E-state index in [1.165, 1.54) is 0 Å². The minimum absolute atomic E-state index is 0.0212. The van der Waals surface area contributed by atoms with Gasteiger partial charge >= 0.3 is 11.9 Å². The molecule has 4 rings (SSSR count). The zero-order valence-electron chi connectivity index (χ0n) is 20.9. The Bertz CT molecular complexity index is 939. The maximum Gasteiger partial charge on any atom is 0.313 e. The third kappa shape index (κ3) is 3.48. The molecular formula is C26H36O8. The Labute approximate surface area is 200 Å². The molecular weight excluding hydrogens is 440 g/mol. The fraction of sp³-hybridized carbons (Fsp3) is 0.769. The highest BCUT2D eigenvalue weighted by Gasteiger charge is 2.79. The van der Waals surface area contributed by atoms with Crippen LogP contribution < -0.4 is 0 Å². The van der Waals surface area contributed by atoms with Crippen LogP contribution in [0, 0.1) is 33.5 Å². The van der Waals surface area contributed by atoms with Gasteiger partial charge in [0.15, 0.2) is 5.78 Å². The summed E-state index contributed by atoms with van der Waals surface area (Å²) >= 11 is 0. The van der Waals surface area contributed by atoms with Crippen LogP contribution in [-0.2, 0) is 33.4 Å². The molecule has 0 aromatic heterocycles. The van der Waals surface area contributed by atoms with Crippen molar-refractivity contribution in [3.05, 3.63) is 12.7 Å². The van der Waals surface area contributed by atoms with Gasteiger partial charge < -0.3 is 19.3 Å². The predicted octanol–water partition coefficient (Wildman–Crippen LogP) is 2.75. The monoisotopic (exact) mass is 476 g/mol. The topological polar surface area (TPSA) is 116 Å². The number of allylic oxidation sites excluding steroid dienone is 1. The van der Waals surface area contributed by atoms with Crippen molar-refractivity contribution in [2.75, 3.05) is 0 Å². The van der Waals surface area contributed by atoms with E-state index in [4.69, 9.17) is 14.2 Å². The summed E-state index contributed by atoms with van der Waals surface area (Å²) < 4.78 is 18.0. The Hall–Kier alpha value is -2.06. The van der Waals surface area contributed by atoms with E-state index in [2.05, 4.69) is 6.58 Å². The number of carbonyl (C=O) groups excluding carboxylic acids is 4. The lowest BCUT2D eigenvalue weighted by molar-refractivity contribution is -0.235. The number of fused-ring (bicyclic) bond motifs is 1. The van der Waals surface area contributed by atoms with Crippen molar-refractivity contribution in [3.8, 4) is 0 Å². The minimum atomic E-state index is -1.44. The van der Waals surface area contributed by atoms with Crippen molar-refractivity contribution in [3.63, 3.8) is 0 Å². The first-order valence-corrected chi connectivity index (χ1v) is 12.0. The lowest BCUT2D eigenvalue weighted by Crippen LogP contribution is -2.65. The van der Waals surface area contributed by atoms with Crippen molar-refractivity contribution in [2.45, 2.75) is 91.8 Å². The molecule has 8 atom stereocenters. The van der Waals surface area contributed by atoms with E-state index in [1.807, 2.05) is 0 Å². The van der Waals surface area contributed by atoms with Gasteiger partial charge in [-0.3, -0.25) is 19.2 Å². The van der Waals surface area contributed by atoms with Crippen LogP contribution in [0.3, 0.4) is 0 Å². The molecule has 0 spiro atoms. The molecule has 1 heterocycles. The summed E-state index contributed by atoms with van der Waals surface area (Å²) in [6.07, 6.45) is -1.87. The molecule has 3 aliphatic carbocycles. The second-order valence-corrected chi connectivity index (χ2v) is 12.5. The Balaban J connectivity index is 1.85. The van der Waals surface area contributed by atoms with Crippen LogP contribution in [0.25, 0.3) is 0 Å². The molecule has 0 aromatic rings. The first-order valence-electron chi connectivity index (χ1n) is 12.0. The van der Waals surface area contributed by atoms with Gasteiger partial charge in [-0.1, -0.05) is 6.08 Å². The molecule has 8 nitrogen and oxygen atoms in total. The van der Waals surface area contributed by atoms with E-state index in [-0.39, 0.29) is 37.2 Å². The second-order valence-electron chi connectivity index (χ2n) is 12.5. The predicted molar refractivity (Wildman–Crippen MR) is 120 cm³/mol. The Morgan fingerprint density at radius 3 is 2.18 bits per heavy atom. The Kier molecular flexibility index (Phi) is 5.69. The molecule has 1 saturated heterocycles. The van der Waals surface area contributed by atoms with E-state index in [0.717, 1.165) is 0 Å². The highest BCUT2D eigenvalue weighted by atomic mass is 16.7. The lowest BCUT2D eigenvalue weighted by Gasteiger charge is -2.57. The third-order valence-electron chi connectivity index (χ3n) is 8.13. The van der Waals surface area contributed by atoms with E-state index in [1.54, 1.807) is 47.6 Å². The minimum Gasteiger partial charge on any atom is -0.461 e. The van der Waals surface area contributed by atoms with Crippen molar-refractivity contribution >= 4 is 23.5 Å². The van der Waals surface area contributed by atoms with Crippen LogP contribution in [0.2, 0.25) is 0 Å². The number of esters is 2. The van der Waals surface area contributed by atoms with E-state index in [0.29, 0.717) is 0 Å². The number of carbonyl (C=O) groups is 4. The molecule has 34 heavy (non-hydrogen) atoms. The second kappa shape index (κ2) is 7.72. The zero-order valence-corrected chi connectivity index (χ0v) is 20.9. The molecule has 4 aliphatic rings. The number of aliphatic hydroxyl groups is 1. The highest BCUT2D eigenvalue weighted by molar-refractivity contribution is 5.92. The van der Waals surface area contributed by atoms with E-state index < -0.39 is 70.0 Å². The van der Waals surface area contributed by atoms with Gasteiger partial charge in [-0.2, -0.15) is 0 Å². The fourth-order valence-electron chi connectivity index (χ4n) is 6.50. The van der Waals surface area contributed by atoms with Gasteiger partial charge in [-0.25, -0.2) is 0 Å². The molecule has 0 amide bonds. The molecule has 3 saturated carbocycles. The first-order chi connectivity index (χ1) is 15.6. The van der Waals surface area contributed by atoms with Gasteiger partial charge in [0.05, 0.1) is 23.0 Å². The largest absolute Gasteiger partial charge is 0.461 e. The van der Waals surface area contributed by atoms with Crippen LogP contribution in [0.5, 0.6) is 0 Å². The van der Waals surface area contributed by atoms with Gasteiger partial charge in [-0.15, -0.1) is 6.58 Å². The van der Waals surface area contributed by atoms with Crippen LogP contribution in [0.15, 0.2) is 12.7 Å². The number of ether oxygens (including phenoxy) is 3. The van der Waals surface area contributed by atoms with Gasteiger partial charge in [0.25, 0.3) is 0 Å². The van der Waals surface area contributed by atoms with Crippen LogP contribution >= 0.6 is 0 Å². The van der Waals surface area contributed by atoms with E-state index >= 15 is 0 Å².